The van der Waals surface area contributed by atoms with Crippen LogP contribution in [-0.4, -0.2) is 46.0 Å². The molecular weight excluding hydrogens is 306 g/mol. The summed E-state index contributed by atoms with van der Waals surface area (Å²) >= 11 is 4.95. The van der Waals surface area contributed by atoms with E-state index in [-0.39, 0.29) is 0 Å². The fraction of sp³-hybridized carbons (Fsp3) is 0.353. The highest BCUT2D eigenvalue weighted by Gasteiger charge is 2.18. The van der Waals surface area contributed by atoms with Gasteiger partial charge in [-0.15, -0.1) is 0 Å². The topological polar surface area (TPSA) is 58.3 Å². The van der Waals surface area contributed by atoms with Crippen molar-refractivity contribution >= 4 is 23.2 Å². The number of hydrogen-bond donors (Lipinski definition) is 1. The van der Waals surface area contributed by atoms with Gasteiger partial charge in [-0.2, -0.15) is 0 Å². The number of aromatic nitrogens is 2. The molecule has 3 rings (SSSR count). The number of thiocarbonyl (C=S) groups is 1. The molecule has 6 heteroatoms. The molecule has 1 aromatic heterocycles. The molecule has 2 N–H and O–H groups in total. The summed E-state index contributed by atoms with van der Waals surface area (Å²) in [5, 5.41) is 0. The average Bonchev–Trinajstić information content (AvgIpc) is 2.58. The first-order valence-corrected chi connectivity index (χ1v) is 8.22. The molecule has 0 atom stereocenters. The lowest BCUT2D eigenvalue weighted by Gasteiger charge is -2.34. The lowest BCUT2D eigenvalue weighted by molar-refractivity contribution is 0.248. The van der Waals surface area contributed by atoms with Crippen LogP contribution in [0.5, 0.6) is 0 Å². The molecule has 0 spiro atoms. The van der Waals surface area contributed by atoms with Crippen molar-refractivity contribution < 1.29 is 0 Å². The van der Waals surface area contributed by atoms with E-state index in [4.69, 9.17) is 18.0 Å². The van der Waals surface area contributed by atoms with E-state index in [1.54, 1.807) is 12.4 Å². The third-order valence-electron chi connectivity index (χ3n) is 4.01. The van der Waals surface area contributed by atoms with E-state index in [0.29, 0.717) is 11.4 Å². The van der Waals surface area contributed by atoms with Crippen molar-refractivity contribution in [3.63, 3.8) is 0 Å². The van der Waals surface area contributed by atoms with Crippen molar-refractivity contribution in [3.05, 3.63) is 53.9 Å². The van der Waals surface area contributed by atoms with Crippen molar-refractivity contribution in [2.24, 2.45) is 5.73 Å². The Morgan fingerprint density at radius 3 is 2.22 bits per heavy atom. The maximum absolute atomic E-state index is 5.58. The minimum absolute atomic E-state index is 0.539. The molecule has 1 aliphatic rings. The summed E-state index contributed by atoms with van der Waals surface area (Å²) in [7, 11) is 0. The predicted octanol–water partition coefficient (Wildman–Crippen LogP) is 1.63. The molecule has 0 amide bonds. The third-order valence-corrected chi connectivity index (χ3v) is 4.16. The van der Waals surface area contributed by atoms with Gasteiger partial charge in [0.1, 0.15) is 0 Å². The number of rotatable bonds is 5. The Labute approximate surface area is 142 Å². The minimum atomic E-state index is 0.539. The predicted molar refractivity (Wildman–Crippen MR) is 96.5 cm³/mol. The molecule has 1 aromatic carbocycles. The van der Waals surface area contributed by atoms with Gasteiger partial charge in [-0.1, -0.05) is 36.5 Å². The molecule has 5 nitrogen and oxygen atoms in total. The summed E-state index contributed by atoms with van der Waals surface area (Å²) < 4.78 is 0. The molecule has 0 radical (unpaired) electrons. The monoisotopic (exact) mass is 327 g/mol. The molecule has 0 saturated carbocycles. The van der Waals surface area contributed by atoms with Crippen molar-refractivity contribution in [2.45, 2.75) is 13.0 Å². The molecule has 0 bridgehead atoms. The van der Waals surface area contributed by atoms with Gasteiger partial charge in [-0.05, 0) is 17.2 Å². The summed E-state index contributed by atoms with van der Waals surface area (Å²) in [4.78, 5) is 13.9. The normalized spacial score (nSPS) is 15.6. The van der Waals surface area contributed by atoms with Crippen molar-refractivity contribution in [1.82, 2.24) is 14.9 Å². The Kier molecular flexibility index (Phi) is 5.15. The first kappa shape index (κ1) is 15.8. The smallest absolute Gasteiger partial charge is 0.225 e. The van der Waals surface area contributed by atoms with Gasteiger partial charge >= 0.3 is 0 Å². The van der Waals surface area contributed by atoms with Crippen LogP contribution in [0.3, 0.4) is 0 Å². The van der Waals surface area contributed by atoms with Gasteiger partial charge in [0.05, 0.1) is 4.99 Å². The molecule has 0 aliphatic carbocycles. The van der Waals surface area contributed by atoms with Crippen LogP contribution in [0.25, 0.3) is 0 Å². The Bertz CT molecular complexity index is 636. The summed E-state index contributed by atoms with van der Waals surface area (Å²) in [6.07, 6.45) is 4.26. The Morgan fingerprint density at radius 1 is 1.00 bits per heavy atom. The number of hydrogen-bond acceptors (Lipinski definition) is 5. The van der Waals surface area contributed by atoms with E-state index in [0.717, 1.165) is 38.7 Å². The van der Waals surface area contributed by atoms with E-state index >= 15 is 0 Å². The maximum Gasteiger partial charge on any atom is 0.225 e. The molecule has 0 unspecified atom stereocenters. The Morgan fingerprint density at radius 2 is 1.61 bits per heavy atom. The maximum atomic E-state index is 5.58. The van der Waals surface area contributed by atoms with Crippen LogP contribution >= 0.6 is 12.2 Å². The van der Waals surface area contributed by atoms with Gasteiger partial charge in [0.2, 0.25) is 5.95 Å². The highest BCUT2D eigenvalue weighted by atomic mass is 32.1. The Balaban J connectivity index is 1.51. The van der Waals surface area contributed by atoms with Gasteiger partial charge in [0.25, 0.3) is 0 Å². The average molecular weight is 327 g/mol. The molecule has 23 heavy (non-hydrogen) atoms. The van der Waals surface area contributed by atoms with Gasteiger partial charge in [-0.3, -0.25) is 4.90 Å². The van der Waals surface area contributed by atoms with E-state index in [2.05, 4.69) is 44.0 Å². The Hall–Kier alpha value is -2.05. The second-order valence-corrected chi connectivity index (χ2v) is 6.30. The molecule has 2 aromatic rings. The van der Waals surface area contributed by atoms with Crippen LogP contribution < -0.4 is 10.6 Å². The highest BCUT2D eigenvalue weighted by Crippen LogP contribution is 2.13. The largest absolute Gasteiger partial charge is 0.393 e. The van der Waals surface area contributed by atoms with Crippen molar-refractivity contribution in [3.8, 4) is 0 Å². The van der Waals surface area contributed by atoms with Crippen LogP contribution in [0.1, 0.15) is 11.1 Å². The lowest BCUT2D eigenvalue weighted by Crippen LogP contribution is -2.46. The second kappa shape index (κ2) is 7.48. The standard InChI is InChI=1S/C17H21N5S/c18-16(23)12-14-2-4-15(5-3-14)13-21-8-10-22(11-9-21)17-19-6-1-7-20-17/h1-7H,8-13H2,(H2,18,23). The number of benzene rings is 1. The van der Waals surface area contributed by atoms with Crippen LogP contribution in [-0.2, 0) is 13.0 Å². The van der Waals surface area contributed by atoms with Crippen LogP contribution in [0, 0.1) is 0 Å². The zero-order chi connectivity index (χ0) is 16.1. The SMILES string of the molecule is NC(=S)Cc1ccc(CN2CCN(c3ncccn3)CC2)cc1. The van der Waals surface area contributed by atoms with Crippen LogP contribution in [0.2, 0.25) is 0 Å². The minimum Gasteiger partial charge on any atom is -0.393 e. The number of anilines is 1. The fourth-order valence-electron chi connectivity index (χ4n) is 2.78. The lowest BCUT2D eigenvalue weighted by atomic mass is 10.1. The summed E-state index contributed by atoms with van der Waals surface area (Å²) in [6, 6.07) is 10.4. The van der Waals surface area contributed by atoms with Crippen LogP contribution in [0.4, 0.5) is 5.95 Å². The number of nitrogens with two attached hydrogens (primary N) is 1. The van der Waals surface area contributed by atoms with E-state index < -0.39 is 0 Å². The second-order valence-electron chi connectivity index (χ2n) is 5.77. The molecule has 1 fully saturated rings. The molecule has 2 heterocycles. The summed E-state index contributed by atoms with van der Waals surface area (Å²) in [5.41, 5.74) is 8.08. The summed E-state index contributed by atoms with van der Waals surface area (Å²) in [6.45, 7) is 4.93. The highest BCUT2D eigenvalue weighted by molar-refractivity contribution is 7.80. The molecule has 120 valence electrons. The van der Waals surface area contributed by atoms with Crippen molar-refractivity contribution in [2.75, 3.05) is 31.1 Å². The van der Waals surface area contributed by atoms with Crippen molar-refractivity contribution in [1.29, 1.82) is 0 Å². The fourth-order valence-corrected chi connectivity index (χ4v) is 2.95. The van der Waals surface area contributed by atoms with Gasteiger partial charge in [0.15, 0.2) is 0 Å². The van der Waals surface area contributed by atoms with E-state index in [9.17, 15) is 0 Å². The zero-order valence-corrected chi connectivity index (χ0v) is 13.9. The van der Waals surface area contributed by atoms with E-state index in [1.165, 1.54) is 11.1 Å². The van der Waals surface area contributed by atoms with Gasteiger partial charge < -0.3 is 10.6 Å². The van der Waals surface area contributed by atoms with E-state index in [1.807, 2.05) is 6.07 Å². The zero-order valence-electron chi connectivity index (χ0n) is 13.1. The quantitative estimate of drug-likeness (QED) is 0.843. The summed E-state index contributed by atoms with van der Waals surface area (Å²) in [5.74, 6) is 0.828. The first-order chi connectivity index (χ1) is 11.2. The van der Waals surface area contributed by atoms with Gasteiger partial charge in [0, 0.05) is 51.5 Å². The van der Waals surface area contributed by atoms with Crippen LogP contribution in [0.15, 0.2) is 42.7 Å². The molecule has 1 aliphatic heterocycles. The third kappa shape index (κ3) is 4.46. The molecule has 1 saturated heterocycles. The number of nitrogens with zero attached hydrogens (tertiary/aromatic N) is 4. The van der Waals surface area contributed by atoms with Gasteiger partial charge in [-0.25, -0.2) is 9.97 Å². The number of piperazine rings is 1. The first-order valence-electron chi connectivity index (χ1n) is 7.81. The molecular formula is C17H21N5S.